The Bertz CT molecular complexity index is 764. The molecule has 0 radical (unpaired) electrons. The van der Waals surface area contributed by atoms with Crippen molar-refractivity contribution >= 4 is 0 Å². The average Bonchev–Trinajstić information content (AvgIpc) is 3.02. The van der Waals surface area contributed by atoms with Crippen molar-refractivity contribution in [2.75, 3.05) is 13.2 Å². The Labute approximate surface area is 134 Å². The van der Waals surface area contributed by atoms with Gasteiger partial charge >= 0.3 is 0 Å². The van der Waals surface area contributed by atoms with Crippen LogP contribution in [0.4, 0.5) is 0 Å². The first-order valence-corrected chi connectivity index (χ1v) is 7.66. The first-order chi connectivity index (χ1) is 11.4. The molecular formula is C18H17N3O2. The number of aromatic amines is 1. The molecule has 5 heteroatoms. The van der Waals surface area contributed by atoms with Gasteiger partial charge in [-0.15, -0.1) is 0 Å². The molecule has 1 aliphatic rings. The lowest BCUT2D eigenvalue weighted by Gasteiger charge is -2.23. The smallest absolute Gasteiger partial charge is 0.181 e. The van der Waals surface area contributed by atoms with E-state index in [4.69, 9.17) is 9.47 Å². The molecule has 0 spiro atoms. The average molecular weight is 307 g/mol. The topological polar surface area (TPSA) is 60.0 Å². The maximum Gasteiger partial charge on any atom is 0.181 e. The van der Waals surface area contributed by atoms with Gasteiger partial charge in [0.05, 0.1) is 19.1 Å². The molecule has 1 aromatic heterocycles. The zero-order chi connectivity index (χ0) is 15.5. The molecule has 1 N–H and O–H groups in total. The van der Waals surface area contributed by atoms with Crippen LogP contribution in [0.5, 0.6) is 5.75 Å². The molecule has 1 fully saturated rings. The van der Waals surface area contributed by atoms with Gasteiger partial charge < -0.3 is 9.47 Å². The summed E-state index contributed by atoms with van der Waals surface area (Å²) in [5.41, 5.74) is 2.12. The Morgan fingerprint density at radius 2 is 1.83 bits per heavy atom. The molecule has 0 atom stereocenters. The molecule has 1 saturated heterocycles. The van der Waals surface area contributed by atoms with Crippen molar-refractivity contribution in [3.63, 3.8) is 0 Å². The summed E-state index contributed by atoms with van der Waals surface area (Å²) in [6.07, 6.45) is 0. The highest BCUT2D eigenvalue weighted by Gasteiger charge is 2.24. The largest absolute Gasteiger partial charge is 0.489 e. The Morgan fingerprint density at radius 1 is 1.04 bits per heavy atom. The van der Waals surface area contributed by atoms with E-state index in [1.807, 2.05) is 54.6 Å². The van der Waals surface area contributed by atoms with E-state index >= 15 is 0 Å². The Balaban J connectivity index is 1.42. The van der Waals surface area contributed by atoms with Crippen LogP contribution >= 0.6 is 0 Å². The SMILES string of the molecule is c1ccc(COc2ccc(-c3n[nH]c(C4COC4)n3)cc2)cc1. The van der Waals surface area contributed by atoms with Crippen LogP contribution in [0.3, 0.4) is 0 Å². The lowest BCUT2D eigenvalue weighted by molar-refractivity contribution is 0.00501. The molecule has 0 saturated carbocycles. The van der Waals surface area contributed by atoms with Gasteiger partial charge in [0.1, 0.15) is 18.2 Å². The monoisotopic (exact) mass is 307 g/mol. The summed E-state index contributed by atoms with van der Waals surface area (Å²) < 4.78 is 11.0. The highest BCUT2D eigenvalue weighted by atomic mass is 16.5. The maximum atomic E-state index is 5.79. The quantitative estimate of drug-likeness (QED) is 0.786. The molecular weight excluding hydrogens is 290 g/mol. The third-order valence-corrected chi connectivity index (χ3v) is 3.89. The molecule has 0 amide bonds. The minimum Gasteiger partial charge on any atom is -0.489 e. The van der Waals surface area contributed by atoms with Crippen molar-refractivity contribution in [2.24, 2.45) is 0 Å². The van der Waals surface area contributed by atoms with Gasteiger partial charge in [0.2, 0.25) is 0 Å². The predicted octanol–water partition coefficient (Wildman–Crippen LogP) is 3.16. The number of aromatic nitrogens is 3. The Kier molecular flexibility index (Phi) is 3.78. The summed E-state index contributed by atoms with van der Waals surface area (Å²) in [5.74, 6) is 2.79. The van der Waals surface area contributed by atoms with E-state index in [1.165, 1.54) is 0 Å². The van der Waals surface area contributed by atoms with E-state index in [9.17, 15) is 0 Å². The van der Waals surface area contributed by atoms with Gasteiger partial charge in [-0.2, -0.15) is 5.10 Å². The van der Waals surface area contributed by atoms with Gasteiger partial charge in [-0.25, -0.2) is 4.98 Å². The molecule has 0 bridgehead atoms. The zero-order valence-electron chi connectivity index (χ0n) is 12.6. The van der Waals surface area contributed by atoms with Crippen molar-refractivity contribution in [3.8, 4) is 17.1 Å². The van der Waals surface area contributed by atoms with Crippen LogP contribution in [0, 0.1) is 0 Å². The fourth-order valence-corrected chi connectivity index (χ4v) is 2.42. The van der Waals surface area contributed by atoms with Crippen LogP contribution in [-0.4, -0.2) is 28.4 Å². The number of H-pyrrole nitrogens is 1. The second-order valence-corrected chi connectivity index (χ2v) is 5.58. The second-order valence-electron chi connectivity index (χ2n) is 5.58. The van der Waals surface area contributed by atoms with Crippen molar-refractivity contribution in [2.45, 2.75) is 12.5 Å². The van der Waals surface area contributed by atoms with E-state index in [0.717, 1.165) is 35.9 Å². The van der Waals surface area contributed by atoms with E-state index in [2.05, 4.69) is 15.2 Å². The normalized spacial score (nSPS) is 14.4. The molecule has 5 nitrogen and oxygen atoms in total. The summed E-state index contributed by atoms with van der Waals surface area (Å²) in [4.78, 5) is 4.54. The van der Waals surface area contributed by atoms with Gasteiger partial charge in [-0.1, -0.05) is 30.3 Å². The molecule has 0 aliphatic carbocycles. The molecule has 2 heterocycles. The van der Waals surface area contributed by atoms with Crippen molar-refractivity contribution < 1.29 is 9.47 Å². The summed E-state index contributed by atoms with van der Waals surface area (Å²) in [6, 6.07) is 18.0. The van der Waals surface area contributed by atoms with Gasteiger partial charge in [0.15, 0.2) is 5.82 Å². The summed E-state index contributed by atoms with van der Waals surface area (Å²) in [6.45, 7) is 2.01. The molecule has 1 aliphatic heterocycles. The van der Waals surface area contributed by atoms with Crippen molar-refractivity contribution in [1.29, 1.82) is 0 Å². The number of benzene rings is 2. The number of hydrogen-bond acceptors (Lipinski definition) is 4. The van der Waals surface area contributed by atoms with Crippen molar-refractivity contribution in [1.82, 2.24) is 15.2 Å². The highest BCUT2D eigenvalue weighted by molar-refractivity contribution is 5.55. The number of rotatable bonds is 5. The van der Waals surface area contributed by atoms with E-state index in [0.29, 0.717) is 18.3 Å². The fourth-order valence-electron chi connectivity index (χ4n) is 2.42. The zero-order valence-corrected chi connectivity index (χ0v) is 12.6. The fraction of sp³-hybridized carbons (Fsp3) is 0.222. The molecule has 23 heavy (non-hydrogen) atoms. The number of hydrogen-bond donors (Lipinski definition) is 1. The molecule has 3 aromatic rings. The minimum atomic E-state index is 0.352. The van der Waals surface area contributed by atoms with Crippen LogP contribution in [0.15, 0.2) is 54.6 Å². The van der Waals surface area contributed by atoms with E-state index in [1.54, 1.807) is 0 Å². The number of nitrogens with zero attached hydrogens (tertiary/aromatic N) is 2. The van der Waals surface area contributed by atoms with Gasteiger partial charge in [-0.3, -0.25) is 5.10 Å². The lowest BCUT2D eigenvalue weighted by atomic mass is 10.1. The van der Waals surface area contributed by atoms with Crippen LogP contribution in [0.25, 0.3) is 11.4 Å². The molecule has 116 valence electrons. The highest BCUT2D eigenvalue weighted by Crippen LogP contribution is 2.24. The van der Waals surface area contributed by atoms with E-state index < -0.39 is 0 Å². The summed E-state index contributed by atoms with van der Waals surface area (Å²) >= 11 is 0. The number of nitrogens with one attached hydrogen (secondary N) is 1. The molecule has 4 rings (SSSR count). The third kappa shape index (κ3) is 3.10. The molecule has 0 unspecified atom stereocenters. The standard InChI is InChI=1S/C18H17N3O2/c1-2-4-13(5-3-1)10-23-16-8-6-14(7-9-16)17-19-18(21-20-17)15-11-22-12-15/h1-9,15H,10-12H2,(H,19,20,21). The van der Waals surface area contributed by atoms with Crippen LogP contribution in [0.2, 0.25) is 0 Å². The second kappa shape index (κ2) is 6.22. The van der Waals surface area contributed by atoms with E-state index in [-0.39, 0.29) is 0 Å². The van der Waals surface area contributed by atoms with Crippen LogP contribution in [0.1, 0.15) is 17.3 Å². The molecule has 2 aromatic carbocycles. The summed E-state index contributed by atoms with van der Waals surface area (Å²) in [7, 11) is 0. The first kappa shape index (κ1) is 14.0. The minimum absolute atomic E-state index is 0.352. The number of ether oxygens (including phenoxy) is 2. The van der Waals surface area contributed by atoms with Crippen LogP contribution < -0.4 is 4.74 Å². The predicted molar refractivity (Wildman–Crippen MR) is 86.2 cm³/mol. The first-order valence-electron chi connectivity index (χ1n) is 7.66. The third-order valence-electron chi connectivity index (χ3n) is 3.89. The van der Waals surface area contributed by atoms with Gasteiger partial charge in [0.25, 0.3) is 0 Å². The Morgan fingerprint density at radius 3 is 2.52 bits per heavy atom. The van der Waals surface area contributed by atoms with Crippen molar-refractivity contribution in [3.05, 3.63) is 66.0 Å². The van der Waals surface area contributed by atoms with Gasteiger partial charge in [-0.05, 0) is 29.8 Å². The van der Waals surface area contributed by atoms with Crippen LogP contribution in [-0.2, 0) is 11.3 Å². The summed E-state index contributed by atoms with van der Waals surface area (Å²) in [5, 5.41) is 7.28. The maximum absolute atomic E-state index is 5.79. The van der Waals surface area contributed by atoms with Gasteiger partial charge in [0, 0.05) is 5.56 Å². The Hall–Kier alpha value is -2.66. The lowest BCUT2D eigenvalue weighted by Crippen LogP contribution is -2.26.